The molecule has 0 saturated heterocycles. The van der Waals surface area contributed by atoms with Crippen molar-refractivity contribution in [3.8, 4) is 11.5 Å². The highest BCUT2D eigenvalue weighted by molar-refractivity contribution is 5.97. The van der Waals surface area contributed by atoms with E-state index in [4.69, 9.17) is 9.47 Å². The van der Waals surface area contributed by atoms with Crippen LogP contribution in [0.15, 0.2) is 60.7 Å². The van der Waals surface area contributed by atoms with Crippen molar-refractivity contribution in [2.24, 2.45) is 0 Å². The Morgan fingerprint density at radius 3 is 1.47 bits per heavy atom. The van der Waals surface area contributed by atoms with E-state index in [1.807, 2.05) is 13.8 Å². The van der Waals surface area contributed by atoms with Gasteiger partial charge in [0.15, 0.2) is 0 Å². The van der Waals surface area contributed by atoms with Gasteiger partial charge in [0, 0.05) is 35.4 Å². The van der Waals surface area contributed by atoms with Gasteiger partial charge in [-0.2, -0.15) is 0 Å². The van der Waals surface area contributed by atoms with Crippen LogP contribution in [0.25, 0.3) is 0 Å². The SMILES string of the molecule is CCCCc1cc([N+](=O)[O-])ccc1OC(=O)c1cccc(C(=O)Oc2ccc([N+](=O)[O-])cc2CCCC)c1. The first-order chi connectivity index (χ1) is 18.2. The lowest BCUT2D eigenvalue weighted by Gasteiger charge is -2.12. The van der Waals surface area contributed by atoms with Crippen molar-refractivity contribution in [3.05, 3.63) is 103 Å². The molecule has 0 fully saturated rings. The first-order valence-corrected chi connectivity index (χ1v) is 12.3. The molecule has 3 aromatic rings. The standard InChI is InChI=1S/C28H28N2O8/c1-3-5-8-19-17-23(29(33)34)12-14-25(19)37-27(31)21-10-7-11-22(16-21)28(32)38-26-15-13-24(30(35)36)18-20(26)9-6-4-2/h7,10-18H,3-6,8-9H2,1-2H3. The molecule has 0 radical (unpaired) electrons. The molecule has 0 atom stereocenters. The van der Waals surface area contributed by atoms with Crippen LogP contribution in [0.3, 0.4) is 0 Å². The molecule has 0 aliphatic heterocycles. The van der Waals surface area contributed by atoms with Gasteiger partial charge in [0.25, 0.3) is 11.4 Å². The summed E-state index contributed by atoms with van der Waals surface area (Å²) in [6.07, 6.45) is 4.24. The predicted octanol–water partition coefficient (Wildman–Crippen LogP) is 6.63. The summed E-state index contributed by atoms with van der Waals surface area (Å²) in [5, 5.41) is 22.3. The molecule has 10 heteroatoms. The van der Waals surface area contributed by atoms with E-state index in [9.17, 15) is 29.8 Å². The van der Waals surface area contributed by atoms with Crippen LogP contribution in [-0.2, 0) is 12.8 Å². The number of rotatable bonds is 12. The summed E-state index contributed by atoms with van der Waals surface area (Å²) in [7, 11) is 0. The fourth-order valence-corrected chi connectivity index (χ4v) is 3.77. The van der Waals surface area contributed by atoms with Crippen molar-refractivity contribution in [1.29, 1.82) is 0 Å². The highest BCUT2D eigenvalue weighted by Crippen LogP contribution is 2.28. The largest absolute Gasteiger partial charge is 0.423 e. The summed E-state index contributed by atoms with van der Waals surface area (Å²) in [6.45, 7) is 3.97. The number of non-ortho nitro benzene ring substituents is 2. The Bertz CT molecular complexity index is 1250. The van der Waals surface area contributed by atoms with Gasteiger partial charge in [0.1, 0.15) is 11.5 Å². The Morgan fingerprint density at radius 1 is 0.684 bits per heavy atom. The van der Waals surface area contributed by atoms with E-state index in [2.05, 4.69) is 0 Å². The molecule has 38 heavy (non-hydrogen) atoms. The number of nitro benzene ring substituents is 2. The van der Waals surface area contributed by atoms with E-state index >= 15 is 0 Å². The van der Waals surface area contributed by atoms with Gasteiger partial charge in [-0.3, -0.25) is 20.2 Å². The lowest BCUT2D eigenvalue weighted by atomic mass is 10.1. The van der Waals surface area contributed by atoms with Gasteiger partial charge in [-0.15, -0.1) is 0 Å². The molecule has 0 spiro atoms. The average molecular weight is 521 g/mol. The molecule has 0 heterocycles. The van der Waals surface area contributed by atoms with Crippen molar-refractivity contribution in [3.63, 3.8) is 0 Å². The van der Waals surface area contributed by atoms with Crippen LogP contribution >= 0.6 is 0 Å². The van der Waals surface area contributed by atoms with Crippen molar-refractivity contribution in [2.75, 3.05) is 0 Å². The molecule has 198 valence electrons. The number of aryl methyl sites for hydroxylation is 2. The molecule has 0 unspecified atom stereocenters. The Morgan fingerprint density at radius 2 is 1.11 bits per heavy atom. The van der Waals surface area contributed by atoms with Gasteiger partial charge in [0.05, 0.1) is 21.0 Å². The van der Waals surface area contributed by atoms with E-state index in [1.165, 1.54) is 60.7 Å². The lowest BCUT2D eigenvalue weighted by Crippen LogP contribution is -2.14. The second kappa shape index (κ2) is 13.1. The maximum atomic E-state index is 12.9. The minimum absolute atomic E-state index is 0.0918. The number of hydrogen-bond donors (Lipinski definition) is 0. The van der Waals surface area contributed by atoms with Crippen molar-refractivity contribution in [1.82, 2.24) is 0 Å². The number of esters is 2. The van der Waals surface area contributed by atoms with Crippen LogP contribution in [0.5, 0.6) is 11.5 Å². The molecule has 0 amide bonds. The second-order valence-electron chi connectivity index (χ2n) is 8.67. The summed E-state index contributed by atoms with van der Waals surface area (Å²) < 4.78 is 11.1. The smallest absolute Gasteiger partial charge is 0.343 e. The number of carbonyl (C=O) groups is 2. The molecule has 0 aliphatic rings. The molecule has 0 aromatic heterocycles. The van der Waals surface area contributed by atoms with Crippen molar-refractivity contribution < 1.29 is 28.9 Å². The lowest BCUT2D eigenvalue weighted by molar-refractivity contribution is -0.385. The maximum absolute atomic E-state index is 12.9. The first-order valence-electron chi connectivity index (χ1n) is 12.3. The van der Waals surface area contributed by atoms with E-state index in [0.29, 0.717) is 24.0 Å². The molecular weight excluding hydrogens is 492 g/mol. The van der Waals surface area contributed by atoms with Gasteiger partial charge in [-0.1, -0.05) is 32.8 Å². The van der Waals surface area contributed by atoms with Gasteiger partial charge in [-0.25, -0.2) is 9.59 Å². The van der Waals surface area contributed by atoms with Crippen LogP contribution in [0.1, 0.15) is 71.4 Å². The zero-order valence-electron chi connectivity index (χ0n) is 21.2. The normalized spacial score (nSPS) is 10.6. The number of nitro groups is 2. The van der Waals surface area contributed by atoms with E-state index < -0.39 is 21.8 Å². The molecule has 3 rings (SSSR count). The maximum Gasteiger partial charge on any atom is 0.343 e. The molecular formula is C28H28N2O8. The van der Waals surface area contributed by atoms with Gasteiger partial charge < -0.3 is 9.47 Å². The fourth-order valence-electron chi connectivity index (χ4n) is 3.77. The Balaban J connectivity index is 1.81. The summed E-state index contributed by atoms with van der Waals surface area (Å²) in [5.74, 6) is -1.03. The zero-order chi connectivity index (χ0) is 27.7. The van der Waals surface area contributed by atoms with E-state index in [0.717, 1.165) is 25.7 Å². The molecule has 10 nitrogen and oxygen atoms in total. The van der Waals surface area contributed by atoms with Crippen LogP contribution in [0.2, 0.25) is 0 Å². The third-order valence-electron chi connectivity index (χ3n) is 5.85. The number of nitrogens with zero attached hydrogens (tertiary/aromatic N) is 2. The van der Waals surface area contributed by atoms with Crippen molar-refractivity contribution >= 4 is 23.3 Å². The highest BCUT2D eigenvalue weighted by atomic mass is 16.6. The van der Waals surface area contributed by atoms with Gasteiger partial charge >= 0.3 is 11.9 Å². The third-order valence-corrected chi connectivity index (χ3v) is 5.85. The third kappa shape index (κ3) is 7.22. The monoisotopic (exact) mass is 520 g/mol. The highest BCUT2D eigenvalue weighted by Gasteiger charge is 2.19. The van der Waals surface area contributed by atoms with Crippen LogP contribution in [-0.4, -0.2) is 21.8 Å². The van der Waals surface area contributed by atoms with Gasteiger partial charge in [0.2, 0.25) is 0 Å². The fraction of sp³-hybridized carbons (Fsp3) is 0.286. The van der Waals surface area contributed by atoms with E-state index in [1.54, 1.807) is 0 Å². The Kier molecular flexibility index (Phi) is 9.64. The van der Waals surface area contributed by atoms with Crippen molar-refractivity contribution in [2.45, 2.75) is 52.4 Å². The van der Waals surface area contributed by atoms with E-state index in [-0.39, 0.29) is 34.0 Å². The predicted molar refractivity (Wildman–Crippen MR) is 140 cm³/mol. The number of benzene rings is 3. The molecule has 0 aliphatic carbocycles. The van der Waals surface area contributed by atoms with Gasteiger partial charge in [-0.05, 0) is 56.0 Å². The summed E-state index contributed by atoms with van der Waals surface area (Å²) in [6, 6.07) is 13.9. The number of unbranched alkanes of at least 4 members (excludes halogenated alkanes) is 2. The minimum atomic E-state index is -0.731. The quantitative estimate of drug-likeness (QED) is 0.112. The second-order valence-corrected chi connectivity index (χ2v) is 8.67. The average Bonchev–Trinajstić information content (AvgIpc) is 2.91. The van der Waals surface area contributed by atoms with Crippen LogP contribution in [0.4, 0.5) is 11.4 Å². The summed E-state index contributed by atoms with van der Waals surface area (Å²) in [4.78, 5) is 47.1. The number of ether oxygens (including phenoxy) is 2. The zero-order valence-corrected chi connectivity index (χ0v) is 21.2. The van der Waals surface area contributed by atoms with Crippen LogP contribution < -0.4 is 9.47 Å². The summed E-state index contributed by atoms with van der Waals surface area (Å²) in [5.41, 5.74) is 1.09. The number of carbonyl (C=O) groups excluding carboxylic acids is 2. The molecule has 0 bridgehead atoms. The topological polar surface area (TPSA) is 139 Å². The minimum Gasteiger partial charge on any atom is -0.423 e. The Labute approximate surface area is 219 Å². The molecule has 0 saturated carbocycles. The molecule has 0 N–H and O–H groups in total. The molecule has 3 aromatic carbocycles. The van der Waals surface area contributed by atoms with Crippen LogP contribution in [0, 0.1) is 20.2 Å². The number of hydrogen-bond acceptors (Lipinski definition) is 8. The first kappa shape index (κ1) is 28.0. The summed E-state index contributed by atoms with van der Waals surface area (Å²) >= 11 is 0. The Hall–Kier alpha value is -4.60.